The number of thioether (sulfide) groups is 1. The first-order valence-corrected chi connectivity index (χ1v) is 7.57. The van der Waals surface area contributed by atoms with Crippen molar-refractivity contribution in [1.29, 1.82) is 0 Å². The standard InChI is InChI=1S/C14H17ClN2S/c1-17-10-13(9-16-17)5-3-7-18-11-12-4-2-6-14(15)8-12/h2,4,6,8-10H,3,5,7,11H2,1H3. The van der Waals surface area contributed by atoms with E-state index in [1.165, 1.54) is 23.3 Å². The molecule has 1 heterocycles. The SMILES string of the molecule is Cn1cc(CCCSCc2cccc(Cl)c2)cn1. The van der Waals surface area contributed by atoms with Gasteiger partial charge in [0.1, 0.15) is 0 Å². The molecule has 96 valence electrons. The highest BCUT2D eigenvalue weighted by Crippen LogP contribution is 2.17. The van der Waals surface area contributed by atoms with Crippen molar-refractivity contribution in [1.82, 2.24) is 9.78 Å². The minimum atomic E-state index is 0.823. The summed E-state index contributed by atoms with van der Waals surface area (Å²) in [6.45, 7) is 0. The number of nitrogens with zero attached hydrogens (tertiary/aromatic N) is 2. The molecule has 1 aromatic carbocycles. The highest BCUT2D eigenvalue weighted by atomic mass is 35.5. The fourth-order valence-corrected chi connectivity index (χ4v) is 2.92. The number of benzene rings is 1. The molecular weight excluding hydrogens is 264 g/mol. The third kappa shape index (κ3) is 4.39. The van der Waals surface area contributed by atoms with E-state index in [2.05, 4.69) is 17.4 Å². The molecule has 18 heavy (non-hydrogen) atoms. The molecule has 2 rings (SSSR count). The fraction of sp³-hybridized carbons (Fsp3) is 0.357. The van der Waals surface area contributed by atoms with Crippen LogP contribution in [0.3, 0.4) is 0 Å². The van der Waals surface area contributed by atoms with Crippen LogP contribution in [0.25, 0.3) is 0 Å². The summed E-state index contributed by atoms with van der Waals surface area (Å²) < 4.78 is 1.86. The Labute approximate surface area is 117 Å². The van der Waals surface area contributed by atoms with Gasteiger partial charge in [-0.3, -0.25) is 4.68 Å². The molecule has 0 saturated carbocycles. The van der Waals surface area contributed by atoms with Gasteiger partial charge in [0, 0.05) is 24.0 Å². The Balaban J connectivity index is 1.64. The number of hydrogen-bond donors (Lipinski definition) is 0. The Hall–Kier alpha value is -0.930. The second-order valence-electron chi connectivity index (χ2n) is 4.31. The molecule has 1 aromatic heterocycles. The second-order valence-corrected chi connectivity index (χ2v) is 5.85. The molecule has 0 saturated heterocycles. The molecule has 2 aromatic rings. The van der Waals surface area contributed by atoms with Gasteiger partial charge in [0.25, 0.3) is 0 Å². The van der Waals surface area contributed by atoms with Crippen LogP contribution < -0.4 is 0 Å². The summed E-state index contributed by atoms with van der Waals surface area (Å²) in [5.41, 5.74) is 2.62. The first kappa shape index (κ1) is 13.5. The van der Waals surface area contributed by atoms with Gasteiger partial charge >= 0.3 is 0 Å². The van der Waals surface area contributed by atoms with E-state index in [-0.39, 0.29) is 0 Å². The zero-order chi connectivity index (χ0) is 12.8. The Morgan fingerprint density at radius 1 is 1.33 bits per heavy atom. The molecule has 0 aliphatic rings. The third-order valence-electron chi connectivity index (χ3n) is 2.67. The molecule has 0 aliphatic carbocycles. The molecule has 2 nitrogen and oxygen atoms in total. The summed E-state index contributed by atoms with van der Waals surface area (Å²) in [5.74, 6) is 2.20. The van der Waals surface area contributed by atoms with Crippen molar-refractivity contribution in [3.05, 3.63) is 52.8 Å². The summed E-state index contributed by atoms with van der Waals surface area (Å²) in [6, 6.07) is 8.08. The van der Waals surface area contributed by atoms with Crippen LogP contribution >= 0.6 is 23.4 Å². The molecule has 0 spiro atoms. The van der Waals surface area contributed by atoms with Crippen LogP contribution in [0.15, 0.2) is 36.7 Å². The predicted octanol–water partition coefficient (Wildman–Crippen LogP) is 3.94. The Morgan fingerprint density at radius 2 is 2.22 bits per heavy atom. The van der Waals surface area contributed by atoms with Crippen molar-refractivity contribution in [2.45, 2.75) is 18.6 Å². The monoisotopic (exact) mass is 280 g/mol. The molecule has 0 aliphatic heterocycles. The predicted molar refractivity (Wildman–Crippen MR) is 79.1 cm³/mol. The van der Waals surface area contributed by atoms with Crippen LogP contribution in [0.4, 0.5) is 0 Å². The van der Waals surface area contributed by atoms with Crippen LogP contribution in [0.2, 0.25) is 5.02 Å². The van der Waals surface area contributed by atoms with Gasteiger partial charge < -0.3 is 0 Å². The van der Waals surface area contributed by atoms with Gasteiger partial charge in [-0.1, -0.05) is 23.7 Å². The van der Waals surface area contributed by atoms with Gasteiger partial charge in [0.15, 0.2) is 0 Å². The second kappa shape index (κ2) is 6.86. The largest absolute Gasteiger partial charge is 0.276 e. The number of hydrogen-bond acceptors (Lipinski definition) is 2. The molecule has 0 bridgehead atoms. The van der Waals surface area contributed by atoms with Crippen molar-refractivity contribution in [3.63, 3.8) is 0 Å². The summed E-state index contributed by atoms with van der Waals surface area (Å²) in [7, 11) is 1.96. The lowest BCUT2D eigenvalue weighted by molar-refractivity contribution is 0.766. The highest BCUT2D eigenvalue weighted by Gasteiger charge is 1.98. The van der Waals surface area contributed by atoms with E-state index >= 15 is 0 Å². The van der Waals surface area contributed by atoms with E-state index in [0.29, 0.717) is 0 Å². The summed E-state index contributed by atoms with van der Waals surface area (Å²) in [5, 5.41) is 4.99. The molecule has 4 heteroatoms. The van der Waals surface area contributed by atoms with Crippen molar-refractivity contribution in [2.24, 2.45) is 7.05 Å². The Morgan fingerprint density at radius 3 is 2.94 bits per heavy atom. The van der Waals surface area contributed by atoms with E-state index in [9.17, 15) is 0 Å². The number of halogens is 1. The highest BCUT2D eigenvalue weighted by molar-refractivity contribution is 7.98. The van der Waals surface area contributed by atoms with E-state index in [1.54, 1.807) is 0 Å². The molecule has 0 atom stereocenters. The molecular formula is C14H17ClN2S. The Kier molecular flexibility index (Phi) is 5.14. The van der Waals surface area contributed by atoms with Crippen molar-refractivity contribution >= 4 is 23.4 Å². The zero-order valence-corrected chi connectivity index (χ0v) is 12.0. The quantitative estimate of drug-likeness (QED) is 0.746. The van der Waals surface area contributed by atoms with Crippen LogP contribution in [-0.2, 0) is 19.2 Å². The number of rotatable bonds is 6. The van der Waals surface area contributed by atoms with Gasteiger partial charge in [-0.2, -0.15) is 16.9 Å². The first-order chi connectivity index (χ1) is 8.74. The van der Waals surface area contributed by atoms with Gasteiger partial charge in [-0.25, -0.2) is 0 Å². The molecule has 0 amide bonds. The maximum absolute atomic E-state index is 5.95. The van der Waals surface area contributed by atoms with Gasteiger partial charge in [-0.05, 0) is 41.9 Å². The van der Waals surface area contributed by atoms with Gasteiger partial charge in [0.05, 0.1) is 6.20 Å². The number of aryl methyl sites for hydroxylation is 2. The smallest absolute Gasteiger partial charge is 0.0521 e. The number of aromatic nitrogens is 2. The van der Waals surface area contributed by atoms with Crippen LogP contribution in [0.1, 0.15) is 17.5 Å². The van der Waals surface area contributed by atoms with E-state index in [4.69, 9.17) is 11.6 Å². The fourth-order valence-electron chi connectivity index (χ4n) is 1.80. The lowest BCUT2D eigenvalue weighted by atomic mass is 10.2. The molecule has 0 N–H and O–H groups in total. The maximum atomic E-state index is 5.95. The average Bonchev–Trinajstić information content (AvgIpc) is 2.75. The average molecular weight is 281 g/mol. The van der Waals surface area contributed by atoms with Crippen molar-refractivity contribution in [2.75, 3.05) is 5.75 Å². The van der Waals surface area contributed by atoms with E-state index in [1.807, 2.05) is 47.9 Å². The Bertz CT molecular complexity index is 496. The maximum Gasteiger partial charge on any atom is 0.0521 e. The van der Waals surface area contributed by atoms with Gasteiger partial charge in [0.2, 0.25) is 0 Å². The van der Waals surface area contributed by atoms with Crippen LogP contribution in [-0.4, -0.2) is 15.5 Å². The van der Waals surface area contributed by atoms with Crippen molar-refractivity contribution in [3.8, 4) is 0 Å². The summed E-state index contributed by atoms with van der Waals surface area (Å²) in [6.07, 6.45) is 6.33. The molecule has 0 radical (unpaired) electrons. The normalized spacial score (nSPS) is 10.8. The van der Waals surface area contributed by atoms with Crippen LogP contribution in [0, 0.1) is 0 Å². The van der Waals surface area contributed by atoms with Gasteiger partial charge in [-0.15, -0.1) is 0 Å². The summed E-state index contributed by atoms with van der Waals surface area (Å²) >= 11 is 7.90. The lowest BCUT2D eigenvalue weighted by Gasteiger charge is -2.02. The zero-order valence-electron chi connectivity index (χ0n) is 10.5. The van der Waals surface area contributed by atoms with Crippen LogP contribution in [0.5, 0.6) is 0 Å². The molecule has 0 unspecified atom stereocenters. The van der Waals surface area contributed by atoms with E-state index in [0.717, 1.165) is 17.2 Å². The molecule has 0 fully saturated rings. The van der Waals surface area contributed by atoms with E-state index < -0.39 is 0 Å². The lowest BCUT2D eigenvalue weighted by Crippen LogP contribution is -1.88. The summed E-state index contributed by atoms with van der Waals surface area (Å²) in [4.78, 5) is 0. The minimum Gasteiger partial charge on any atom is -0.276 e. The minimum absolute atomic E-state index is 0.823. The van der Waals surface area contributed by atoms with Crippen molar-refractivity contribution < 1.29 is 0 Å². The third-order valence-corrected chi connectivity index (χ3v) is 4.02. The topological polar surface area (TPSA) is 17.8 Å². The first-order valence-electron chi connectivity index (χ1n) is 6.04.